The van der Waals surface area contributed by atoms with Gasteiger partial charge in [-0.25, -0.2) is 4.79 Å². The molecule has 0 bridgehead atoms. The highest BCUT2D eigenvalue weighted by Gasteiger charge is 2.01. The van der Waals surface area contributed by atoms with E-state index >= 15 is 0 Å². The minimum Gasteiger partial charge on any atom is -0.383 e. The summed E-state index contributed by atoms with van der Waals surface area (Å²) in [5.41, 5.74) is 2.05. The molecule has 2 N–H and O–H groups in total. The summed E-state index contributed by atoms with van der Waals surface area (Å²) in [6.07, 6.45) is 1.58. The molecular weight excluding hydrogens is 242 g/mol. The number of aromatic nitrogens is 2. The van der Waals surface area contributed by atoms with Crippen molar-refractivity contribution in [1.82, 2.24) is 9.55 Å². The second-order valence-electron chi connectivity index (χ2n) is 4.51. The van der Waals surface area contributed by atoms with Crippen LogP contribution < -0.4 is 16.6 Å². The monoisotopic (exact) mass is 259 g/mol. The van der Waals surface area contributed by atoms with Crippen molar-refractivity contribution >= 4 is 5.69 Å². The normalized spacial score (nSPS) is 10.4. The fourth-order valence-electron chi connectivity index (χ4n) is 1.87. The van der Waals surface area contributed by atoms with Crippen molar-refractivity contribution in [2.24, 2.45) is 0 Å². The van der Waals surface area contributed by atoms with Gasteiger partial charge in [0.1, 0.15) is 0 Å². The lowest BCUT2D eigenvalue weighted by Crippen LogP contribution is -2.32. The third kappa shape index (κ3) is 3.13. The predicted molar refractivity (Wildman–Crippen MR) is 75.7 cm³/mol. The first-order chi connectivity index (χ1) is 9.08. The van der Waals surface area contributed by atoms with E-state index in [4.69, 9.17) is 0 Å². The van der Waals surface area contributed by atoms with E-state index in [0.717, 1.165) is 11.3 Å². The molecule has 1 heterocycles. The van der Waals surface area contributed by atoms with Gasteiger partial charge in [0, 0.05) is 30.5 Å². The fraction of sp³-hybridized carbons (Fsp3) is 0.286. The maximum absolute atomic E-state index is 11.6. The van der Waals surface area contributed by atoms with Gasteiger partial charge in [-0.1, -0.05) is 18.2 Å². The fourth-order valence-corrected chi connectivity index (χ4v) is 1.87. The van der Waals surface area contributed by atoms with Crippen LogP contribution in [-0.4, -0.2) is 16.1 Å². The van der Waals surface area contributed by atoms with Crippen molar-refractivity contribution < 1.29 is 0 Å². The van der Waals surface area contributed by atoms with Crippen LogP contribution in [0.4, 0.5) is 5.69 Å². The molecule has 0 amide bonds. The largest absolute Gasteiger partial charge is 0.383 e. The molecule has 0 aliphatic rings. The molecule has 0 saturated carbocycles. The van der Waals surface area contributed by atoms with Gasteiger partial charge in [-0.2, -0.15) is 0 Å². The molecule has 5 heteroatoms. The molecule has 2 aromatic rings. The van der Waals surface area contributed by atoms with Gasteiger partial charge in [0.15, 0.2) is 0 Å². The maximum Gasteiger partial charge on any atom is 0.328 e. The van der Waals surface area contributed by atoms with Crippen LogP contribution in [0.2, 0.25) is 0 Å². The van der Waals surface area contributed by atoms with Crippen LogP contribution in [0.3, 0.4) is 0 Å². The minimum atomic E-state index is -0.373. The number of rotatable bonds is 4. The summed E-state index contributed by atoms with van der Waals surface area (Å²) in [5, 5.41) is 3.27. The van der Waals surface area contributed by atoms with E-state index in [-0.39, 0.29) is 11.2 Å². The zero-order chi connectivity index (χ0) is 13.8. The lowest BCUT2D eigenvalue weighted by molar-refractivity contribution is 0.664. The first-order valence-electron chi connectivity index (χ1n) is 6.18. The number of aryl methyl sites for hydroxylation is 2. The molecule has 0 unspecified atom stereocenters. The second kappa shape index (κ2) is 5.56. The van der Waals surface area contributed by atoms with E-state index in [0.29, 0.717) is 18.7 Å². The Morgan fingerprint density at radius 2 is 1.89 bits per heavy atom. The summed E-state index contributed by atoms with van der Waals surface area (Å²) in [7, 11) is 0. The quantitative estimate of drug-likeness (QED) is 0.868. The minimum absolute atomic E-state index is 0.326. The Balaban J connectivity index is 2.04. The van der Waals surface area contributed by atoms with Gasteiger partial charge in [-0.05, 0) is 25.5 Å². The van der Waals surface area contributed by atoms with E-state index in [1.165, 1.54) is 4.57 Å². The Morgan fingerprint density at radius 3 is 2.63 bits per heavy atom. The van der Waals surface area contributed by atoms with E-state index in [2.05, 4.69) is 10.3 Å². The molecule has 19 heavy (non-hydrogen) atoms. The second-order valence-corrected chi connectivity index (χ2v) is 4.51. The number of para-hydroxylation sites is 1. The summed E-state index contributed by atoms with van der Waals surface area (Å²) in [5.74, 6) is 0. The lowest BCUT2D eigenvalue weighted by Gasteiger charge is -2.10. The Kier molecular flexibility index (Phi) is 3.85. The summed E-state index contributed by atoms with van der Waals surface area (Å²) >= 11 is 0. The van der Waals surface area contributed by atoms with E-state index < -0.39 is 0 Å². The van der Waals surface area contributed by atoms with Gasteiger partial charge in [0.25, 0.3) is 5.56 Å². The highest BCUT2D eigenvalue weighted by molar-refractivity contribution is 5.50. The topological polar surface area (TPSA) is 66.9 Å². The van der Waals surface area contributed by atoms with Crippen molar-refractivity contribution in [3.63, 3.8) is 0 Å². The number of aromatic amines is 1. The standard InChI is InChI=1S/C14H17N3O2/c1-10-5-3-4-6-12(10)15-7-8-17-9-11(2)13(18)16-14(17)19/h3-6,9,15H,7-8H2,1-2H3,(H,16,18,19). The average molecular weight is 259 g/mol. The molecule has 5 nitrogen and oxygen atoms in total. The third-order valence-corrected chi connectivity index (χ3v) is 3.00. The van der Waals surface area contributed by atoms with Crippen LogP contribution in [-0.2, 0) is 6.54 Å². The van der Waals surface area contributed by atoms with E-state index in [9.17, 15) is 9.59 Å². The van der Waals surface area contributed by atoms with Crippen LogP contribution >= 0.6 is 0 Å². The van der Waals surface area contributed by atoms with E-state index in [1.54, 1.807) is 13.1 Å². The Morgan fingerprint density at radius 1 is 1.16 bits per heavy atom. The number of H-pyrrole nitrogens is 1. The van der Waals surface area contributed by atoms with Crippen LogP contribution in [0.25, 0.3) is 0 Å². The summed E-state index contributed by atoms with van der Waals surface area (Å²) in [4.78, 5) is 25.1. The zero-order valence-electron chi connectivity index (χ0n) is 11.1. The molecule has 1 aromatic heterocycles. The van der Waals surface area contributed by atoms with Crippen molar-refractivity contribution in [2.75, 3.05) is 11.9 Å². The van der Waals surface area contributed by atoms with Gasteiger partial charge in [-0.3, -0.25) is 14.3 Å². The molecule has 0 aliphatic heterocycles. The number of benzene rings is 1. The average Bonchev–Trinajstić information content (AvgIpc) is 2.38. The van der Waals surface area contributed by atoms with Gasteiger partial charge < -0.3 is 5.32 Å². The van der Waals surface area contributed by atoms with Crippen molar-refractivity contribution in [3.8, 4) is 0 Å². The predicted octanol–water partition coefficient (Wildman–Crippen LogP) is 1.27. The Bertz CT molecular complexity index is 686. The molecule has 0 radical (unpaired) electrons. The smallest absolute Gasteiger partial charge is 0.328 e. The first kappa shape index (κ1) is 13.1. The molecule has 0 spiro atoms. The molecule has 0 fully saturated rings. The highest BCUT2D eigenvalue weighted by Crippen LogP contribution is 2.12. The first-order valence-corrected chi connectivity index (χ1v) is 6.18. The molecule has 2 rings (SSSR count). The summed E-state index contributed by atoms with van der Waals surface area (Å²) in [6, 6.07) is 7.97. The van der Waals surface area contributed by atoms with Gasteiger partial charge in [-0.15, -0.1) is 0 Å². The van der Waals surface area contributed by atoms with Gasteiger partial charge >= 0.3 is 5.69 Å². The number of hydrogen-bond donors (Lipinski definition) is 2. The molecule has 100 valence electrons. The molecular formula is C14H17N3O2. The van der Waals surface area contributed by atoms with Crippen LogP contribution in [0.1, 0.15) is 11.1 Å². The third-order valence-electron chi connectivity index (χ3n) is 3.00. The zero-order valence-corrected chi connectivity index (χ0v) is 11.1. The van der Waals surface area contributed by atoms with Crippen LogP contribution in [0.15, 0.2) is 40.1 Å². The van der Waals surface area contributed by atoms with Crippen molar-refractivity contribution in [3.05, 3.63) is 62.4 Å². The molecule has 0 aliphatic carbocycles. The molecule has 1 aromatic carbocycles. The number of anilines is 1. The number of nitrogens with zero attached hydrogens (tertiary/aromatic N) is 1. The highest BCUT2D eigenvalue weighted by atomic mass is 16.2. The number of nitrogens with one attached hydrogen (secondary N) is 2. The molecule has 0 saturated heterocycles. The lowest BCUT2D eigenvalue weighted by atomic mass is 10.2. The SMILES string of the molecule is Cc1ccccc1NCCn1cc(C)c(=O)[nH]c1=O. The van der Waals surface area contributed by atoms with Crippen LogP contribution in [0, 0.1) is 13.8 Å². The maximum atomic E-state index is 11.6. The van der Waals surface area contributed by atoms with E-state index in [1.807, 2.05) is 31.2 Å². The van der Waals surface area contributed by atoms with Gasteiger partial charge in [0.2, 0.25) is 0 Å². The Hall–Kier alpha value is -2.30. The van der Waals surface area contributed by atoms with Crippen molar-refractivity contribution in [1.29, 1.82) is 0 Å². The summed E-state index contributed by atoms with van der Waals surface area (Å²) in [6.45, 7) is 4.84. The van der Waals surface area contributed by atoms with Crippen molar-refractivity contribution in [2.45, 2.75) is 20.4 Å². The number of hydrogen-bond acceptors (Lipinski definition) is 3. The van der Waals surface area contributed by atoms with Gasteiger partial charge in [0.05, 0.1) is 0 Å². The Labute approximate surface area is 110 Å². The van der Waals surface area contributed by atoms with Crippen LogP contribution in [0.5, 0.6) is 0 Å². The summed E-state index contributed by atoms with van der Waals surface area (Å²) < 4.78 is 1.50. The molecule has 0 atom stereocenters.